The Morgan fingerprint density at radius 3 is 2.71 bits per heavy atom. The zero-order valence-corrected chi connectivity index (χ0v) is 13.3. The molecule has 0 spiro atoms. The fourth-order valence-electron chi connectivity index (χ4n) is 3.38. The third-order valence-corrected chi connectivity index (χ3v) is 4.79. The minimum Gasteiger partial charge on any atom is -0.379 e. The summed E-state index contributed by atoms with van der Waals surface area (Å²) >= 11 is 0. The van der Waals surface area contributed by atoms with Crippen LogP contribution in [0, 0.1) is 0 Å². The van der Waals surface area contributed by atoms with Gasteiger partial charge >= 0.3 is 0 Å². The molecule has 3 heterocycles. The Balaban J connectivity index is 1.66. The number of likely N-dealkylation sites (N-methyl/N-ethyl adjacent to an activating group) is 1. The number of piperidine rings is 1. The molecule has 0 amide bonds. The average molecular weight is 293 g/mol. The van der Waals surface area contributed by atoms with Crippen molar-refractivity contribution in [2.24, 2.45) is 7.05 Å². The van der Waals surface area contributed by atoms with Gasteiger partial charge < -0.3 is 14.2 Å². The molecular weight excluding hydrogens is 266 g/mol. The van der Waals surface area contributed by atoms with E-state index in [1.807, 2.05) is 0 Å². The Hall–Kier alpha value is -0.980. The van der Waals surface area contributed by atoms with E-state index in [4.69, 9.17) is 4.74 Å². The Kier molecular flexibility index (Phi) is 4.87. The third-order valence-electron chi connectivity index (χ3n) is 4.79. The van der Waals surface area contributed by atoms with Crippen molar-refractivity contribution < 1.29 is 4.74 Å². The van der Waals surface area contributed by atoms with Crippen LogP contribution >= 0.6 is 0 Å². The van der Waals surface area contributed by atoms with E-state index in [9.17, 15) is 0 Å². The first-order valence-corrected chi connectivity index (χ1v) is 8.18. The standard InChI is InChI=1S/C15H27N5O/c1-3-19-6-4-5-13(11-19)15-17-16-14(18(15)2)12-20-7-9-21-10-8-20/h13H,3-12H2,1-2H3/t13-/m1/s1. The number of hydrogen-bond acceptors (Lipinski definition) is 5. The summed E-state index contributed by atoms with van der Waals surface area (Å²) in [5.41, 5.74) is 0. The maximum Gasteiger partial charge on any atom is 0.146 e. The van der Waals surface area contributed by atoms with Crippen molar-refractivity contribution in [3.63, 3.8) is 0 Å². The summed E-state index contributed by atoms with van der Waals surface area (Å²) in [4.78, 5) is 4.92. The Bertz CT molecular complexity index is 455. The van der Waals surface area contributed by atoms with Gasteiger partial charge in [-0.15, -0.1) is 10.2 Å². The van der Waals surface area contributed by atoms with Crippen LogP contribution in [0.2, 0.25) is 0 Å². The number of likely N-dealkylation sites (tertiary alicyclic amines) is 1. The van der Waals surface area contributed by atoms with E-state index in [0.717, 1.165) is 57.6 Å². The Morgan fingerprint density at radius 2 is 1.95 bits per heavy atom. The Morgan fingerprint density at radius 1 is 1.14 bits per heavy atom. The van der Waals surface area contributed by atoms with Crippen LogP contribution in [-0.4, -0.2) is 70.5 Å². The highest BCUT2D eigenvalue weighted by atomic mass is 16.5. The van der Waals surface area contributed by atoms with Crippen LogP contribution in [0.3, 0.4) is 0 Å². The van der Waals surface area contributed by atoms with Crippen molar-refractivity contribution in [2.75, 3.05) is 45.9 Å². The minimum absolute atomic E-state index is 0.537. The molecule has 0 saturated carbocycles. The number of rotatable bonds is 4. The number of morpholine rings is 1. The van der Waals surface area contributed by atoms with E-state index in [1.165, 1.54) is 19.4 Å². The van der Waals surface area contributed by atoms with Crippen molar-refractivity contribution in [3.8, 4) is 0 Å². The van der Waals surface area contributed by atoms with Gasteiger partial charge in [0.2, 0.25) is 0 Å². The van der Waals surface area contributed by atoms with Gasteiger partial charge in [0.1, 0.15) is 11.6 Å². The molecule has 2 aliphatic rings. The van der Waals surface area contributed by atoms with Gasteiger partial charge in [0.05, 0.1) is 19.8 Å². The predicted octanol–water partition coefficient (Wildman–Crippen LogP) is 0.847. The molecule has 3 rings (SSSR count). The van der Waals surface area contributed by atoms with Crippen molar-refractivity contribution in [2.45, 2.75) is 32.2 Å². The van der Waals surface area contributed by atoms with Crippen molar-refractivity contribution >= 4 is 0 Å². The van der Waals surface area contributed by atoms with Crippen molar-refractivity contribution in [1.82, 2.24) is 24.6 Å². The van der Waals surface area contributed by atoms with E-state index in [0.29, 0.717) is 5.92 Å². The van der Waals surface area contributed by atoms with Gasteiger partial charge in [0.15, 0.2) is 0 Å². The highest BCUT2D eigenvalue weighted by Crippen LogP contribution is 2.25. The molecule has 0 N–H and O–H groups in total. The lowest BCUT2D eigenvalue weighted by atomic mass is 9.97. The molecule has 0 bridgehead atoms. The molecule has 6 heteroatoms. The second kappa shape index (κ2) is 6.85. The first-order chi connectivity index (χ1) is 10.3. The average Bonchev–Trinajstić information content (AvgIpc) is 2.89. The molecule has 1 atom stereocenters. The normalized spacial score (nSPS) is 25.3. The molecule has 1 aromatic rings. The van der Waals surface area contributed by atoms with E-state index in [-0.39, 0.29) is 0 Å². The molecule has 0 aromatic carbocycles. The summed E-state index contributed by atoms with van der Waals surface area (Å²) in [5, 5.41) is 8.95. The van der Waals surface area contributed by atoms with Crippen LogP contribution in [-0.2, 0) is 18.3 Å². The van der Waals surface area contributed by atoms with Crippen LogP contribution in [0.5, 0.6) is 0 Å². The van der Waals surface area contributed by atoms with Gasteiger partial charge in [-0.2, -0.15) is 0 Å². The molecular formula is C15H27N5O. The van der Waals surface area contributed by atoms with Gasteiger partial charge in [0, 0.05) is 32.6 Å². The largest absolute Gasteiger partial charge is 0.379 e. The summed E-state index contributed by atoms with van der Waals surface area (Å²) in [6.45, 7) is 10.3. The number of aromatic nitrogens is 3. The molecule has 0 radical (unpaired) electrons. The van der Waals surface area contributed by atoms with Crippen LogP contribution in [0.1, 0.15) is 37.3 Å². The van der Waals surface area contributed by atoms with E-state index >= 15 is 0 Å². The third kappa shape index (κ3) is 3.44. The molecule has 2 saturated heterocycles. The number of nitrogens with zero attached hydrogens (tertiary/aromatic N) is 5. The highest BCUT2D eigenvalue weighted by molar-refractivity contribution is 5.04. The summed E-state index contributed by atoms with van der Waals surface area (Å²) in [6, 6.07) is 0. The second-order valence-corrected chi connectivity index (χ2v) is 6.15. The molecule has 0 unspecified atom stereocenters. The molecule has 6 nitrogen and oxygen atoms in total. The summed E-state index contributed by atoms with van der Waals surface area (Å²) in [7, 11) is 2.12. The predicted molar refractivity (Wildman–Crippen MR) is 81.2 cm³/mol. The fourth-order valence-corrected chi connectivity index (χ4v) is 3.38. The maximum absolute atomic E-state index is 5.40. The van der Waals surface area contributed by atoms with Crippen LogP contribution in [0.15, 0.2) is 0 Å². The zero-order chi connectivity index (χ0) is 14.7. The van der Waals surface area contributed by atoms with Gasteiger partial charge in [0.25, 0.3) is 0 Å². The fraction of sp³-hybridized carbons (Fsp3) is 0.867. The van der Waals surface area contributed by atoms with Gasteiger partial charge in [-0.05, 0) is 25.9 Å². The summed E-state index contributed by atoms with van der Waals surface area (Å²) in [5.74, 6) is 2.78. The van der Waals surface area contributed by atoms with E-state index in [2.05, 4.69) is 38.5 Å². The van der Waals surface area contributed by atoms with Crippen molar-refractivity contribution in [1.29, 1.82) is 0 Å². The molecule has 21 heavy (non-hydrogen) atoms. The first-order valence-electron chi connectivity index (χ1n) is 8.18. The minimum atomic E-state index is 0.537. The molecule has 0 aliphatic carbocycles. The second-order valence-electron chi connectivity index (χ2n) is 6.15. The maximum atomic E-state index is 5.40. The van der Waals surface area contributed by atoms with Gasteiger partial charge in [-0.3, -0.25) is 4.90 Å². The Labute approximate surface area is 127 Å². The quantitative estimate of drug-likeness (QED) is 0.823. The lowest BCUT2D eigenvalue weighted by Gasteiger charge is -2.31. The van der Waals surface area contributed by atoms with Gasteiger partial charge in [-0.1, -0.05) is 6.92 Å². The number of hydrogen-bond donors (Lipinski definition) is 0. The monoisotopic (exact) mass is 293 g/mol. The highest BCUT2D eigenvalue weighted by Gasteiger charge is 2.25. The van der Waals surface area contributed by atoms with E-state index in [1.54, 1.807) is 0 Å². The van der Waals surface area contributed by atoms with E-state index < -0.39 is 0 Å². The first kappa shape index (κ1) is 14.9. The van der Waals surface area contributed by atoms with Crippen LogP contribution < -0.4 is 0 Å². The summed E-state index contributed by atoms with van der Waals surface area (Å²) in [6.07, 6.45) is 2.50. The SMILES string of the molecule is CCN1CCC[C@@H](c2nnc(CN3CCOCC3)n2C)C1. The summed E-state index contributed by atoms with van der Waals surface area (Å²) < 4.78 is 7.62. The van der Waals surface area contributed by atoms with Crippen molar-refractivity contribution in [3.05, 3.63) is 11.6 Å². The van der Waals surface area contributed by atoms with Crippen LogP contribution in [0.4, 0.5) is 0 Å². The van der Waals surface area contributed by atoms with Gasteiger partial charge in [-0.25, -0.2) is 0 Å². The lowest BCUT2D eigenvalue weighted by Crippen LogP contribution is -2.36. The molecule has 2 fully saturated rings. The molecule has 2 aliphatic heterocycles. The van der Waals surface area contributed by atoms with Crippen LogP contribution in [0.25, 0.3) is 0 Å². The lowest BCUT2D eigenvalue weighted by molar-refractivity contribution is 0.0326. The number of ether oxygens (including phenoxy) is 1. The molecule has 118 valence electrons. The molecule has 1 aromatic heterocycles. The topological polar surface area (TPSA) is 46.4 Å². The zero-order valence-electron chi connectivity index (χ0n) is 13.3. The smallest absolute Gasteiger partial charge is 0.146 e.